The van der Waals surface area contributed by atoms with Gasteiger partial charge in [0.25, 0.3) is 0 Å². The number of anilines is 2. The second-order valence-electron chi connectivity index (χ2n) is 8.25. The molecule has 4 nitrogen and oxygen atoms in total. The Balaban J connectivity index is 1.58. The van der Waals surface area contributed by atoms with Crippen molar-refractivity contribution in [3.63, 3.8) is 0 Å². The summed E-state index contributed by atoms with van der Waals surface area (Å²) >= 11 is 3.07. The average Bonchev–Trinajstić information content (AvgIpc) is 3.35. The normalized spacial score (nSPS) is 17.4. The zero-order chi connectivity index (χ0) is 21.5. The molecule has 0 unspecified atom stereocenters. The van der Waals surface area contributed by atoms with Gasteiger partial charge in [-0.1, -0.05) is 68.5 Å². The van der Waals surface area contributed by atoms with Gasteiger partial charge in [0.2, 0.25) is 0 Å². The molecule has 0 N–H and O–H groups in total. The first-order valence-corrected chi connectivity index (χ1v) is 13.0. The van der Waals surface area contributed by atoms with Crippen LogP contribution >= 0.6 is 23.9 Å². The molecule has 31 heavy (non-hydrogen) atoms. The Labute approximate surface area is 194 Å². The van der Waals surface area contributed by atoms with Crippen LogP contribution in [0.4, 0.5) is 11.4 Å². The summed E-state index contributed by atoms with van der Waals surface area (Å²) in [6, 6.07) is 19.2. The summed E-state index contributed by atoms with van der Waals surface area (Å²) < 4.78 is 3.28. The molecular weight excluding hydrogens is 424 g/mol. The van der Waals surface area contributed by atoms with Crippen molar-refractivity contribution in [2.75, 3.05) is 8.61 Å². The van der Waals surface area contributed by atoms with Gasteiger partial charge in [-0.3, -0.25) is 9.59 Å². The highest BCUT2D eigenvalue weighted by atomic mass is 32.2. The predicted molar refractivity (Wildman–Crippen MR) is 132 cm³/mol. The van der Waals surface area contributed by atoms with E-state index in [-0.39, 0.29) is 0 Å². The van der Waals surface area contributed by atoms with E-state index in [1.165, 1.54) is 56.0 Å². The van der Waals surface area contributed by atoms with Crippen LogP contribution in [0.15, 0.2) is 60.7 Å². The molecule has 0 spiro atoms. The van der Waals surface area contributed by atoms with E-state index in [1.54, 1.807) is 8.61 Å². The summed E-state index contributed by atoms with van der Waals surface area (Å²) in [6.45, 7) is 0. The fraction of sp³-hybridized carbons (Fsp3) is 0.440. The van der Waals surface area contributed by atoms with Gasteiger partial charge in [-0.2, -0.15) is 0 Å². The molecule has 0 heterocycles. The topological polar surface area (TPSA) is 40.6 Å². The third kappa shape index (κ3) is 5.86. The molecule has 0 atom stereocenters. The Hall–Kier alpha value is -1.92. The number of amides is 2. The van der Waals surface area contributed by atoms with E-state index in [2.05, 4.69) is 0 Å². The van der Waals surface area contributed by atoms with E-state index in [4.69, 9.17) is 0 Å². The van der Waals surface area contributed by atoms with Gasteiger partial charge in [0, 0.05) is 10.5 Å². The summed E-state index contributed by atoms with van der Waals surface area (Å²) in [5.41, 5.74) is 1.55. The molecule has 0 aromatic heterocycles. The summed E-state index contributed by atoms with van der Waals surface area (Å²) in [5, 5.41) is 0.756. The number of nitrogens with zero attached hydrogens (tertiary/aromatic N) is 2. The minimum absolute atomic E-state index is 0.373. The Kier molecular flexibility index (Phi) is 7.97. The number of hydrogen-bond acceptors (Lipinski definition) is 4. The third-order valence-corrected chi connectivity index (χ3v) is 8.61. The number of carbonyl (C=O) groups excluding carboxylic acids is 2. The first kappa shape index (κ1) is 22.3. The Morgan fingerprint density at radius 3 is 1.32 bits per heavy atom. The molecule has 2 aliphatic rings. The van der Waals surface area contributed by atoms with Crippen molar-refractivity contribution in [2.45, 2.75) is 68.3 Å². The molecule has 0 saturated heterocycles. The van der Waals surface area contributed by atoms with E-state index in [1.807, 2.05) is 60.7 Å². The molecule has 164 valence electrons. The lowest BCUT2D eigenvalue weighted by atomic mass is 10.0. The second-order valence-corrected chi connectivity index (χ2v) is 10.7. The number of para-hydroxylation sites is 2. The van der Waals surface area contributed by atoms with Gasteiger partial charge < -0.3 is 0 Å². The van der Waals surface area contributed by atoms with E-state index < -0.39 is 11.8 Å². The smallest absolute Gasteiger partial charge is 0.262 e. The van der Waals surface area contributed by atoms with Crippen LogP contribution in [-0.4, -0.2) is 22.3 Å². The van der Waals surface area contributed by atoms with Crippen molar-refractivity contribution >= 4 is 47.1 Å². The molecule has 2 aliphatic carbocycles. The van der Waals surface area contributed by atoms with Crippen LogP contribution in [0.2, 0.25) is 0 Å². The summed E-state index contributed by atoms with van der Waals surface area (Å²) in [7, 11) is 0. The van der Waals surface area contributed by atoms with Crippen LogP contribution in [0.1, 0.15) is 57.8 Å². The zero-order valence-corrected chi connectivity index (χ0v) is 19.5. The Morgan fingerprint density at radius 2 is 0.935 bits per heavy atom. The van der Waals surface area contributed by atoms with Gasteiger partial charge in [0.05, 0.1) is 11.4 Å². The van der Waals surface area contributed by atoms with Crippen molar-refractivity contribution in [1.82, 2.24) is 0 Å². The fourth-order valence-electron chi connectivity index (χ4n) is 4.21. The van der Waals surface area contributed by atoms with Crippen molar-refractivity contribution in [3.8, 4) is 0 Å². The van der Waals surface area contributed by atoms with E-state index in [9.17, 15) is 9.59 Å². The van der Waals surface area contributed by atoms with Crippen molar-refractivity contribution in [1.29, 1.82) is 0 Å². The molecule has 0 radical (unpaired) electrons. The minimum atomic E-state index is -0.463. The lowest BCUT2D eigenvalue weighted by molar-refractivity contribution is -0.134. The molecule has 2 fully saturated rings. The molecule has 4 rings (SSSR count). The molecule has 6 heteroatoms. The summed E-state index contributed by atoms with van der Waals surface area (Å²) in [6.07, 6.45) is 10.4. The van der Waals surface area contributed by atoms with Crippen LogP contribution in [-0.2, 0) is 9.59 Å². The minimum Gasteiger partial charge on any atom is -0.262 e. The van der Waals surface area contributed by atoms with Gasteiger partial charge in [0.15, 0.2) is 0 Å². The van der Waals surface area contributed by atoms with Gasteiger partial charge >= 0.3 is 11.8 Å². The van der Waals surface area contributed by atoms with Crippen molar-refractivity contribution in [3.05, 3.63) is 60.7 Å². The second kappa shape index (κ2) is 11.1. The third-order valence-electron chi connectivity index (χ3n) is 5.90. The van der Waals surface area contributed by atoms with Crippen LogP contribution in [0.25, 0.3) is 0 Å². The number of hydrogen-bond donors (Lipinski definition) is 0. The van der Waals surface area contributed by atoms with Gasteiger partial charge in [-0.15, -0.1) is 0 Å². The Morgan fingerprint density at radius 1 is 0.581 bits per heavy atom. The lowest BCUT2D eigenvalue weighted by Crippen LogP contribution is -2.41. The van der Waals surface area contributed by atoms with Crippen LogP contribution in [0, 0.1) is 0 Å². The maximum Gasteiger partial charge on any atom is 0.327 e. The molecule has 2 aromatic rings. The largest absolute Gasteiger partial charge is 0.327 e. The highest BCUT2D eigenvalue weighted by Crippen LogP contribution is 2.37. The molecule has 2 saturated carbocycles. The lowest BCUT2D eigenvalue weighted by Gasteiger charge is -2.30. The van der Waals surface area contributed by atoms with Crippen LogP contribution in [0.3, 0.4) is 0 Å². The quantitative estimate of drug-likeness (QED) is 0.363. The van der Waals surface area contributed by atoms with Crippen molar-refractivity contribution in [2.24, 2.45) is 0 Å². The summed E-state index contributed by atoms with van der Waals surface area (Å²) in [4.78, 5) is 27.2. The predicted octanol–water partition coefficient (Wildman–Crippen LogP) is 6.62. The number of benzene rings is 2. The molecule has 0 bridgehead atoms. The average molecular weight is 455 g/mol. The fourth-order valence-corrected chi connectivity index (χ4v) is 6.73. The van der Waals surface area contributed by atoms with E-state index in [0.29, 0.717) is 10.5 Å². The van der Waals surface area contributed by atoms with Crippen LogP contribution < -0.4 is 8.61 Å². The van der Waals surface area contributed by atoms with Gasteiger partial charge in [-0.05, 0) is 73.8 Å². The van der Waals surface area contributed by atoms with Gasteiger partial charge in [0.1, 0.15) is 0 Å². The monoisotopic (exact) mass is 454 g/mol. The number of carbonyl (C=O) groups is 2. The Bertz CT molecular complexity index is 850. The first-order valence-electron chi connectivity index (χ1n) is 11.3. The van der Waals surface area contributed by atoms with Crippen LogP contribution in [0.5, 0.6) is 0 Å². The highest BCUT2D eigenvalue weighted by molar-refractivity contribution is 8.02. The SMILES string of the molecule is O=C(C(=O)N(SC1CCCC1)c1ccccc1)N(SC1CCCCC1)c1ccccc1. The van der Waals surface area contributed by atoms with E-state index >= 15 is 0 Å². The standard InChI is InChI=1S/C25H30N2O2S2/c28-24(26(20-12-4-1-5-13-20)30-22-16-8-3-9-17-22)25(29)27(21-14-6-2-7-15-21)31-23-18-10-11-19-23/h1-2,4-7,12-15,22-23H,3,8-11,16-19H2. The van der Waals surface area contributed by atoms with Crippen molar-refractivity contribution < 1.29 is 9.59 Å². The molecule has 0 aliphatic heterocycles. The number of rotatable bonds is 6. The molecular formula is C25H30N2O2S2. The van der Waals surface area contributed by atoms with Gasteiger partial charge in [-0.25, -0.2) is 8.61 Å². The maximum absolute atomic E-state index is 13.6. The van der Waals surface area contributed by atoms with E-state index in [0.717, 1.165) is 37.1 Å². The zero-order valence-electron chi connectivity index (χ0n) is 17.8. The molecule has 2 aromatic carbocycles. The first-order chi connectivity index (χ1) is 15.2. The molecule has 2 amide bonds. The maximum atomic E-state index is 13.6. The summed E-state index contributed by atoms with van der Waals surface area (Å²) in [5.74, 6) is -0.925. The highest BCUT2D eigenvalue weighted by Gasteiger charge is 2.34.